The lowest BCUT2D eigenvalue weighted by atomic mass is 9.96. The summed E-state index contributed by atoms with van der Waals surface area (Å²) in [5, 5.41) is 0. The van der Waals surface area contributed by atoms with Gasteiger partial charge in [-0.25, -0.2) is 9.97 Å². The van der Waals surface area contributed by atoms with E-state index in [1.165, 1.54) is 0 Å². The van der Waals surface area contributed by atoms with Crippen molar-refractivity contribution < 1.29 is 0 Å². The summed E-state index contributed by atoms with van der Waals surface area (Å²) in [5.74, 6) is 0.882. The molecular weight excluding hydrogens is 198 g/mol. The Morgan fingerprint density at radius 1 is 1.12 bits per heavy atom. The smallest absolute Gasteiger partial charge is 0.133 e. The molecule has 0 aliphatic carbocycles. The molecule has 0 bridgehead atoms. The van der Waals surface area contributed by atoms with Crippen molar-refractivity contribution in [3.8, 4) is 0 Å². The van der Waals surface area contributed by atoms with E-state index in [2.05, 4.69) is 41.7 Å². The highest BCUT2D eigenvalue weighted by Gasteiger charge is 2.17. The van der Waals surface area contributed by atoms with Crippen molar-refractivity contribution in [3.05, 3.63) is 42.6 Å². The highest BCUT2D eigenvalue weighted by molar-refractivity contribution is 5.48. The largest absolute Gasteiger partial charge is 0.342 e. The van der Waals surface area contributed by atoms with Crippen LogP contribution in [0, 0.1) is 0 Å². The molecule has 0 aromatic carbocycles. The molecule has 0 radical (unpaired) electrons. The van der Waals surface area contributed by atoms with Gasteiger partial charge in [0.1, 0.15) is 5.82 Å². The van der Waals surface area contributed by atoms with E-state index in [0.717, 1.165) is 18.1 Å². The molecule has 2 heterocycles. The molecule has 84 valence electrons. The van der Waals surface area contributed by atoms with E-state index in [-0.39, 0.29) is 5.41 Å². The minimum Gasteiger partial charge on any atom is -0.342 e. The van der Waals surface area contributed by atoms with Crippen molar-refractivity contribution in [3.63, 3.8) is 0 Å². The monoisotopic (exact) mass is 215 g/mol. The molecule has 0 N–H and O–H groups in total. The maximum Gasteiger partial charge on any atom is 0.133 e. The zero-order valence-corrected chi connectivity index (χ0v) is 10.0. The highest BCUT2D eigenvalue weighted by Crippen LogP contribution is 2.20. The van der Waals surface area contributed by atoms with Crippen molar-refractivity contribution in [2.45, 2.75) is 26.2 Å². The van der Waals surface area contributed by atoms with Crippen LogP contribution in [0.3, 0.4) is 0 Å². The Bertz CT molecular complexity index is 410. The van der Waals surface area contributed by atoms with E-state index in [9.17, 15) is 0 Å². The molecule has 16 heavy (non-hydrogen) atoms. The van der Waals surface area contributed by atoms with Crippen LogP contribution in [0.4, 0.5) is 5.69 Å². The third kappa shape index (κ3) is 2.30. The van der Waals surface area contributed by atoms with Gasteiger partial charge in [-0.1, -0.05) is 32.9 Å². The molecule has 0 spiro atoms. The Labute approximate surface area is 96.5 Å². The molecule has 0 amide bonds. The van der Waals surface area contributed by atoms with E-state index in [1.807, 2.05) is 30.7 Å². The topological polar surface area (TPSA) is 29.0 Å². The average Bonchev–Trinajstić information content (AvgIpc) is 2.29. The summed E-state index contributed by atoms with van der Waals surface area (Å²) in [6, 6.07) is 0. The van der Waals surface area contributed by atoms with Gasteiger partial charge in [0, 0.05) is 18.2 Å². The van der Waals surface area contributed by atoms with Gasteiger partial charge >= 0.3 is 0 Å². The van der Waals surface area contributed by atoms with E-state index in [4.69, 9.17) is 0 Å². The first-order valence-corrected chi connectivity index (χ1v) is 5.50. The fraction of sp³-hybridized carbons (Fsp3) is 0.385. The second-order valence-corrected chi connectivity index (χ2v) is 4.94. The first kappa shape index (κ1) is 10.9. The molecule has 0 unspecified atom stereocenters. The molecule has 3 nitrogen and oxygen atoms in total. The number of nitrogens with zero attached hydrogens (tertiary/aromatic N) is 3. The van der Waals surface area contributed by atoms with E-state index in [0.29, 0.717) is 0 Å². The highest BCUT2D eigenvalue weighted by atomic mass is 15.1. The van der Waals surface area contributed by atoms with Gasteiger partial charge < -0.3 is 4.90 Å². The zero-order chi connectivity index (χ0) is 11.6. The van der Waals surface area contributed by atoms with Crippen molar-refractivity contribution >= 4 is 5.69 Å². The lowest BCUT2D eigenvalue weighted by Crippen LogP contribution is -2.20. The predicted molar refractivity (Wildman–Crippen MR) is 66.4 cm³/mol. The van der Waals surface area contributed by atoms with Gasteiger partial charge in [0.05, 0.1) is 18.1 Å². The van der Waals surface area contributed by atoms with Gasteiger partial charge in [-0.15, -0.1) is 0 Å². The SMILES string of the molecule is CC(C)(C)c1ncc(N2C=CC=CC2)cn1. The normalized spacial score (nSPS) is 15.6. The van der Waals surface area contributed by atoms with Crippen LogP contribution in [0.15, 0.2) is 36.8 Å². The Balaban J connectivity index is 2.19. The lowest BCUT2D eigenvalue weighted by molar-refractivity contribution is 0.545. The summed E-state index contributed by atoms with van der Waals surface area (Å²) in [7, 11) is 0. The average molecular weight is 215 g/mol. The number of allylic oxidation sites excluding steroid dienone is 2. The quantitative estimate of drug-likeness (QED) is 0.721. The van der Waals surface area contributed by atoms with Crippen LogP contribution in [0.5, 0.6) is 0 Å². The van der Waals surface area contributed by atoms with Gasteiger partial charge in [0.25, 0.3) is 0 Å². The van der Waals surface area contributed by atoms with E-state index < -0.39 is 0 Å². The van der Waals surface area contributed by atoms with Crippen molar-refractivity contribution in [1.82, 2.24) is 9.97 Å². The summed E-state index contributed by atoms with van der Waals surface area (Å²) in [6.45, 7) is 7.23. The Morgan fingerprint density at radius 3 is 2.31 bits per heavy atom. The standard InChI is InChI=1S/C13H17N3/c1-13(2,3)12-14-9-11(10-15-12)16-7-5-4-6-8-16/h4-7,9-10H,8H2,1-3H3. The molecule has 2 rings (SSSR count). The summed E-state index contributed by atoms with van der Waals surface area (Å²) in [6.07, 6.45) is 12.0. The third-order valence-corrected chi connectivity index (χ3v) is 2.46. The molecule has 1 aliphatic heterocycles. The number of rotatable bonds is 1. The Kier molecular flexibility index (Phi) is 2.77. The molecule has 0 saturated carbocycles. The van der Waals surface area contributed by atoms with Crippen molar-refractivity contribution in [2.75, 3.05) is 11.4 Å². The molecular formula is C13H17N3. The van der Waals surface area contributed by atoms with Crippen LogP contribution in [0.1, 0.15) is 26.6 Å². The van der Waals surface area contributed by atoms with Crippen molar-refractivity contribution in [1.29, 1.82) is 0 Å². The van der Waals surface area contributed by atoms with Crippen LogP contribution in [0.2, 0.25) is 0 Å². The first-order chi connectivity index (χ1) is 7.57. The Hall–Kier alpha value is -1.64. The number of anilines is 1. The molecule has 3 heteroatoms. The molecule has 0 saturated heterocycles. The maximum absolute atomic E-state index is 4.41. The van der Waals surface area contributed by atoms with E-state index >= 15 is 0 Å². The summed E-state index contributed by atoms with van der Waals surface area (Å²) < 4.78 is 0. The maximum atomic E-state index is 4.41. The van der Waals surface area contributed by atoms with Gasteiger partial charge in [-0.2, -0.15) is 0 Å². The van der Waals surface area contributed by atoms with Crippen LogP contribution >= 0.6 is 0 Å². The fourth-order valence-electron chi connectivity index (χ4n) is 1.52. The first-order valence-electron chi connectivity index (χ1n) is 5.50. The fourth-order valence-corrected chi connectivity index (χ4v) is 1.52. The predicted octanol–water partition coefficient (Wildman–Crippen LogP) is 2.66. The second-order valence-electron chi connectivity index (χ2n) is 4.94. The lowest BCUT2D eigenvalue weighted by Gasteiger charge is -2.21. The number of hydrogen-bond donors (Lipinski definition) is 0. The van der Waals surface area contributed by atoms with E-state index in [1.54, 1.807) is 0 Å². The summed E-state index contributed by atoms with van der Waals surface area (Å²) in [5.41, 5.74) is 1.05. The minimum atomic E-state index is 0.0101. The molecule has 1 aliphatic rings. The van der Waals surface area contributed by atoms with Crippen LogP contribution in [0.25, 0.3) is 0 Å². The summed E-state index contributed by atoms with van der Waals surface area (Å²) in [4.78, 5) is 10.9. The Morgan fingerprint density at radius 2 is 1.81 bits per heavy atom. The molecule has 0 fully saturated rings. The van der Waals surface area contributed by atoms with Crippen LogP contribution in [-0.4, -0.2) is 16.5 Å². The van der Waals surface area contributed by atoms with Crippen LogP contribution < -0.4 is 4.90 Å². The number of aromatic nitrogens is 2. The number of hydrogen-bond acceptors (Lipinski definition) is 3. The zero-order valence-electron chi connectivity index (χ0n) is 10.0. The van der Waals surface area contributed by atoms with Gasteiger partial charge in [-0.3, -0.25) is 0 Å². The van der Waals surface area contributed by atoms with Crippen LogP contribution in [-0.2, 0) is 5.41 Å². The molecule has 0 atom stereocenters. The van der Waals surface area contributed by atoms with Gasteiger partial charge in [0.15, 0.2) is 0 Å². The summed E-state index contributed by atoms with van der Waals surface area (Å²) >= 11 is 0. The molecule has 1 aromatic heterocycles. The van der Waals surface area contributed by atoms with Gasteiger partial charge in [-0.05, 0) is 6.08 Å². The molecule has 1 aromatic rings. The van der Waals surface area contributed by atoms with Gasteiger partial charge in [0.2, 0.25) is 0 Å². The van der Waals surface area contributed by atoms with Crippen molar-refractivity contribution in [2.24, 2.45) is 0 Å². The second kappa shape index (κ2) is 4.08. The minimum absolute atomic E-state index is 0.0101. The third-order valence-electron chi connectivity index (χ3n) is 2.46.